The van der Waals surface area contributed by atoms with Crippen molar-refractivity contribution in [3.63, 3.8) is 0 Å². The molecule has 2 heteroatoms. The van der Waals surface area contributed by atoms with E-state index in [2.05, 4.69) is 19.1 Å². The molecule has 16 heavy (non-hydrogen) atoms. The summed E-state index contributed by atoms with van der Waals surface area (Å²) in [6.45, 7) is 5.94. The van der Waals surface area contributed by atoms with E-state index in [-0.39, 0.29) is 5.92 Å². The number of hydrogen-bond acceptors (Lipinski definition) is 2. The molecule has 0 aromatic heterocycles. The van der Waals surface area contributed by atoms with Crippen molar-refractivity contribution in [2.75, 3.05) is 0 Å². The van der Waals surface area contributed by atoms with Gasteiger partial charge in [0.15, 0.2) is 0 Å². The van der Waals surface area contributed by atoms with Gasteiger partial charge in [0.1, 0.15) is 0 Å². The summed E-state index contributed by atoms with van der Waals surface area (Å²) in [4.78, 5) is 0. The van der Waals surface area contributed by atoms with Gasteiger partial charge >= 0.3 is 0 Å². The molecule has 0 heterocycles. The van der Waals surface area contributed by atoms with E-state index in [0.717, 1.165) is 12.0 Å². The second kappa shape index (κ2) is 6.02. The average molecular weight is 222 g/mol. The summed E-state index contributed by atoms with van der Waals surface area (Å²) >= 11 is 0. The Labute approximate surface area is 97.9 Å². The van der Waals surface area contributed by atoms with Crippen LogP contribution in [0.5, 0.6) is 0 Å². The molecular formula is C14H22O2. The molecule has 2 atom stereocenters. The molecule has 2 unspecified atom stereocenters. The standard InChI is InChI=1S/C14H22O2/c1-4-11-5-7-12(8-6-11)9-13(15)14(16)10(2)3/h5-8,10,13-16H,4,9H2,1-3H3. The van der Waals surface area contributed by atoms with E-state index in [1.165, 1.54) is 5.56 Å². The highest BCUT2D eigenvalue weighted by atomic mass is 16.3. The second-order valence-corrected chi connectivity index (χ2v) is 4.68. The first-order chi connectivity index (χ1) is 7.54. The fourth-order valence-electron chi connectivity index (χ4n) is 1.72. The van der Waals surface area contributed by atoms with E-state index in [4.69, 9.17) is 0 Å². The van der Waals surface area contributed by atoms with Crippen LogP contribution in [0.1, 0.15) is 31.9 Å². The Bertz CT molecular complexity index is 303. The summed E-state index contributed by atoms with van der Waals surface area (Å²) in [5, 5.41) is 19.5. The van der Waals surface area contributed by atoms with Crippen LogP contribution in [0.25, 0.3) is 0 Å². The first-order valence-corrected chi connectivity index (χ1v) is 5.98. The molecule has 0 aliphatic rings. The van der Waals surface area contributed by atoms with Crippen LogP contribution in [-0.4, -0.2) is 22.4 Å². The molecule has 2 nitrogen and oxygen atoms in total. The molecule has 1 aromatic rings. The summed E-state index contributed by atoms with van der Waals surface area (Å²) < 4.78 is 0. The van der Waals surface area contributed by atoms with Gasteiger partial charge in [0, 0.05) is 6.42 Å². The molecule has 0 bridgehead atoms. The molecule has 0 saturated carbocycles. The quantitative estimate of drug-likeness (QED) is 0.801. The van der Waals surface area contributed by atoms with Crippen molar-refractivity contribution in [2.45, 2.75) is 45.8 Å². The molecule has 1 rings (SSSR count). The minimum atomic E-state index is -0.674. The molecule has 0 aliphatic heterocycles. The zero-order chi connectivity index (χ0) is 12.1. The summed E-state index contributed by atoms with van der Waals surface area (Å²) in [5.41, 5.74) is 2.37. The molecule has 0 fully saturated rings. The van der Waals surface area contributed by atoms with Crippen molar-refractivity contribution in [1.29, 1.82) is 0 Å². The molecule has 0 spiro atoms. The summed E-state index contributed by atoms with van der Waals surface area (Å²) in [5.74, 6) is 0.0879. The van der Waals surface area contributed by atoms with Gasteiger partial charge in [0.05, 0.1) is 12.2 Å². The van der Waals surface area contributed by atoms with Crippen LogP contribution in [0.3, 0.4) is 0 Å². The van der Waals surface area contributed by atoms with Crippen LogP contribution in [-0.2, 0) is 12.8 Å². The minimum Gasteiger partial charge on any atom is -0.390 e. The third-order valence-corrected chi connectivity index (χ3v) is 2.95. The first-order valence-electron chi connectivity index (χ1n) is 5.98. The molecule has 0 radical (unpaired) electrons. The number of aliphatic hydroxyl groups is 2. The molecule has 90 valence electrons. The SMILES string of the molecule is CCc1ccc(CC(O)C(O)C(C)C)cc1. The molecule has 0 amide bonds. The number of aryl methyl sites for hydroxylation is 1. The highest BCUT2D eigenvalue weighted by Crippen LogP contribution is 2.13. The van der Waals surface area contributed by atoms with Gasteiger partial charge in [-0.2, -0.15) is 0 Å². The zero-order valence-electron chi connectivity index (χ0n) is 10.4. The lowest BCUT2D eigenvalue weighted by Gasteiger charge is -2.21. The predicted octanol–water partition coefficient (Wildman–Crippen LogP) is 2.17. The lowest BCUT2D eigenvalue weighted by molar-refractivity contribution is -0.00731. The topological polar surface area (TPSA) is 40.5 Å². The van der Waals surface area contributed by atoms with E-state index < -0.39 is 12.2 Å². The highest BCUT2D eigenvalue weighted by molar-refractivity contribution is 5.23. The third-order valence-electron chi connectivity index (χ3n) is 2.95. The van der Waals surface area contributed by atoms with Crippen molar-refractivity contribution in [1.82, 2.24) is 0 Å². The fourth-order valence-corrected chi connectivity index (χ4v) is 1.72. The molecule has 0 aliphatic carbocycles. The van der Waals surface area contributed by atoms with Crippen LogP contribution in [0, 0.1) is 5.92 Å². The average Bonchev–Trinajstić information content (AvgIpc) is 2.28. The predicted molar refractivity (Wildman–Crippen MR) is 66.4 cm³/mol. The van der Waals surface area contributed by atoms with Crippen molar-refractivity contribution in [3.8, 4) is 0 Å². The van der Waals surface area contributed by atoms with E-state index >= 15 is 0 Å². The highest BCUT2D eigenvalue weighted by Gasteiger charge is 2.19. The lowest BCUT2D eigenvalue weighted by atomic mass is 9.96. The normalized spacial score (nSPS) is 15.1. The Balaban J connectivity index is 2.59. The van der Waals surface area contributed by atoms with Crippen LogP contribution in [0.15, 0.2) is 24.3 Å². The van der Waals surface area contributed by atoms with E-state index in [9.17, 15) is 10.2 Å². The van der Waals surface area contributed by atoms with Gasteiger partial charge in [-0.1, -0.05) is 45.0 Å². The maximum atomic E-state index is 9.82. The van der Waals surface area contributed by atoms with Crippen LogP contribution in [0.2, 0.25) is 0 Å². The van der Waals surface area contributed by atoms with Crippen LogP contribution in [0.4, 0.5) is 0 Å². The van der Waals surface area contributed by atoms with Crippen LogP contribution >= 0.6 is 0 Å². The maximum absolute atomic E-state index is 9.82. The van der Waals surface area contributed by atoms with Gasteiger partial charge < -0.3 is 10.2 Å². The monoisotopic (exact) mass is 222 g/mol. The molecule has 2 N–H and O–H groups in total. The van der Waals surface area contributed by atoms with Crippen molar-refractivity contribution >= 4 is 0 Å². The van der Waals surface area contributed by atoms with Crippen LogP contribution < -0.4 is 0 Å². The summed E-state index contributed by atoms with van der Waals surface area (Å²) in [6.07, 6.45) is 0.221. The minimum absolute atomic E-state index is 0.0879. The van der Waals surface area contributed by atoms with Crippen molar-refractivity contribution in [3.05, 3.63) is 35.4 Å². The van der Waals surface area contributed by atoms with Gasteiger partial charge in [-0.25, -0.2) is 0 Å². The first kappa shape index (κ1) is 13.2. The Morgan fingerprint density at radius 1 is 1.00 bits per heavy atom. The Kier molecular flexibility index (Phi) is 4.97. The molecule has 0 saturated heterocycles. The number of benzene rings is 1. The van der Waals surface area contributed by atoms with Crippen molar-refractivity contribution in [2.24, 2.45) is 5.92 Å². The van der Waals surface area contributed by atoms with Gasteiger partial charge in [0.25, 0.3) is 0 Å². The van der Waals surface area contributed by atoms with Gasteiger partial charge in [0.2, 0.25) is 0 Å². The van der Waals surface area contributed by atoms with E-state index in [0.29, 0.717) is 6.42 Å². The number of rotatable bonds is 5. The van der Waals surface area contributed by atoms with E-state index in [1.807, 2.05) is 26.0 Å². The summed E-state index contributed by atoms with van der Waals surface area (Å²) in [7, 11) is 0. The maximum Gasteiger partial charge on any atom is 0.0841 e. The lowest BCUT2D eigenvalue weighted by Crippen LogP contribution is -2.32. The number of aliphatic hydroxyl groups excluding tert-OH is 2. The fraction of sp³-hybridized carbons (Fsp3) is 0.571. The largest absolute Gasteiger partial charge is 0.390 e. The van der Waals surface area contributed by atoms with Crippen molar-refractivity contribution < 1.29 is 10.2 Å². The number of hydrogen-bond donors (Lipinski definition) is 2. The molecular weight excluding hydrogens is 200 g/mol. The summed E-state index contributed by atoms with van der Waals surface area (Å²) in [6, 6.07) is 8.19. The van der Waals surface area contributed by atoms with E-state index in [1.54, 1.807) is 0 Å². The zero-order valence-corrected chi connectivity index (χ0v) is 10.4. The van der Waals surface area contributed by atoms with Gasteiger partial charge in [-0.3, -0.25) is 0 Å². The Morgan fingerprint density at radius 2 is 1.50 bits per heavy atom. The smallest absolute Gasteiger partial charge is 0.0841 e. The van der Waals surface area contributed by atoms with Gasteiger partial charge in [-0.15, -0.1) is 0 Å². The third kappa shape index (κ3) is 3.62. The Morgan fingerprint density at radius 3 is 1.94 bits per heavy atom. The molecule has 1 aromatic carbocycles. The Hall–Kier alpha value is -0.860. The second-order valence-electron chi connectivity index (χ2n) is 4.68. The van der Waals surface area contributed by atoms with Gasteiger partial charge in [-0.05, 0) is 23.5 Å².